The van der Waals surface area contributed by atoms with Crippen LogP contribution in [0.4, 0.5) is 0 Å². The second-order valence-electron chi connectivity index (χ2n) is 10.8. The average Bonchev–Trinajstić information content (AvgIpc) is 3.19. The van der Waals surface area contributed by atoms with E-state index in [4.69, 9.17) is 4.74 Å². The van der Waals surface area contributed by atoms with E-state index in [0.29, 0.717) is 12.8 Å². The van der Waals surface area contributed by atoms with Gasteiger partial charge in [0.25, 0.3) is 0 Å². The van der Waals surface area contributed by atoms with Gasteiger partial charge in [0, 0.05) is 31.3 Å². The van der Waals surface area contributed by atoms with Crippen LogP contribution in [0.1, 0.15) is 41.5 Å². The number of aryl methyl sites for hydroxylation is 1. The fourth-order valence-electron chi connectivity index (χ4n) is 7.58. The highest BCUT2D eigenvalue weighted by Gasteiger charge is 2.72. The Bertz CT molecular complexity index is 1220. The highest BCUT2D eigenvalue weighted by molar-refractivity contribution is 5.92. The third kappa shape index (κ3) is 3.11. The first-order valence-corrected chi connectivity index (χ1v) is 12.8. The Morgan fingerprint density at radius 2 is 2.11 bits per heavy atom. The molecule has 2 aromatic carbocycles. The van der Waals surface area contributed by atoms with Crippen molar-refractivity contribution in [2.75, 3.05) is 20.1 Å². The largest absolute Gasteiger partial charge is 0.487 e. The van der Waals surface area contributed by atoms with Gasteiger partial charge in [-0.25, -0.2) is 0 Å². The second-order valence-corrected chi connectivity index (χ2v) is 10.8. The maximum atomic E-state index is 13.3. The molecule has 4 aliphatic rings. The second kappa shape index (κ2) is 8.07. The van der Waals surface area contributed by atoms with Gasteiger partial charge in [-0.05, 0) is 62.4 Å². The summed E-state index contributed by atoms with van der Waals surface area (Å²) in [5.74, 6) is 0.860. The van der Waals surface area contributed by atoms with Crippen LogP contribution in [0.25, 0.3) is 6.08 Å². The van der Waals surface area contributed by atoms with Crippen molar-refractivity contribution in [1.29, 1.82) is 0 Å². The van der Waals surface area contributed by atoms with Crippen LogP contribution in [0.2, 0.25) is 0 Å². The number of rotatable bonds is 5. The summed E-state index contributed by atoms with van der Waals surface area (Å²) in [6.45, 7) is 7.67. The van der Waals surface area contributed by atoms with Gasteiger partial charge in [0.05, 0.1) is 17.1 Å². The van der Waals surface area contributed by atoms with Crippen molar-refractivity contribution in [1.82, 2.24) is 9.80 Å². The Kier molecular flexibility index (Phi) is 5.20. The number of ether oxygens (including phenoxy) is 1. The molecule has 1 N–H and O–H groups in total. The summed E-state index contributed by atoms with van der Waals surface area (Å²) in [5.41, 5.74) is 3.29. The molecule has 2 bridgehead atoms. The van der Waals surface area contributed by atoms with Crippen LogP contribution in [0, 0.1) is 6.92 Å². The van der Waals surface area contributed by atoms with E-state index >= 15 is 0 Å². The third-order valence-electron chi connectivity index (χ3n) is 9.11. The third-order valence-corrected chi connectivity index (χ3v) is 9.11. The zero-order valence-electron chi connectivity index (χ0n) is 20.6. The number of carbonyl (C=O) groups is 1. The van der Waals surface area contributed by atoms with Crippen LogP contribution in [-0.4, -0.2) is 64.7 Å². The van der Waals surface area contributed by atoms with Crippen molar-refractivity contribution in [2.24, 2.45) is 0 Å². The van der Waals surface area contributed by atoms with Gasteiger partial charge >= 0.3 is 0 Å². The molecule has 1 saturated carbocycles. The van der Waals surface area contributed by atoms with Crippen LogP contribution in [0.15, 0.2) is 61.2 Å². The van der Waals surface area contributed by atoms with Crippen LogP contribution in [-0.2, 0) is 16.6 Å². The lowest BCUT2D eigenvalue weighted by atomic mass is 9.48. The highest BCUT2D eigenvalue weighted by atomic mass is 16.5. The molecule has 2 aliphatic carbocycles. The van der Waals surface area contributed by atoms with Crippen LogP contribution in [0.3, 0.4) is 0 Å². The predicted molar refractivity (Wildman–Crippen MR) is 137 cm³/mol. The molecule has 2 aliphatic heterocycles. The lowest BCUT2D eigenvalue weighted by Crippen LogP contribution is -2.78. The van der Waals surface area contributed by atoms with Crippen molar-refractivity contribution in [3.8, 4) is 5.75 Å². The van der Waals surface area contributed by atoms with E-state index in [1.165, 1.54) is 16.7 Å². The molecule has 35 heavy (non-hydrogen) atoms. The molecule has 5 nitrogen and oxygen atoms in total. The topological polar surface area (TPSA) is 53.0 Å². The maximum absolute atomic E-state index is 13.3. The minimum absolute atomic E-state index is 0.0318. The smallest absolute Gasteiger partial charge is 0.246 e. The Hall–Kier alpha value is -2.89. The molecule has 6 rings (SSSR count). The van der Waals surface area contributed by atoms with Gasteiger partial charge < -0.3 is 14.7 Å². The fraction of sp³-hybridized carbons (Fsp3) is 0.433. The number of nitrogens with zero attached hydrogens (tertiary/aromatic N) is 2. The lowest BCUT2D eigenvalue weighted by Gasteiger charge is -2.64. The Labute approximate surface area is 207 Å². The molecule has 1 amide bonds. The number of carbonyl (C=O) groups excluding carboxylic acids is 1. The predicted octanol–water partition coefficient (Wildman–Crippen LogP) is 3.88. The summed E-state index contributed by atoms with van der Waals surface area (Å²) in [6, 6.07) is 14.4. The summed E-state index contributed by atoms with van der Waals surface area (Å²) in [5, 5.41) is 12.5. The van der Waals surface area contributed by atoms with E-state index in [1.54, 1.807) is 6.08 Å². The van der Waals surface area contributed by atoms with E-state index in [-0.39, 0.29) is 24.1 Å². The molecular weight excluding hydrogens is 436 g/mol. The molecule has 5 heteroatoms. The number of amides is 1. The zero-order valence-corrected chi connectivity index (χ0v) is 20.6. The van der Waals surface area contributed by atoms with Crippen LogP contribution < -0.4 is 4.74 Å². The zero-order chi connectivity index (χ0) is 24.4. The van der Waals surface area contributed by atoms with Gasteiger partial charge in [0.15, 0.2) is 0 Å². The van der Waals surface area contributed by atoms with E-state index in [1.807, 2.05) is 42.3 Å². The fourth-order valence-corrected chi connectivity index (χ4v) is 7.58. The van der Waals surface area contributed by atoms with Crippen LogP contribution >= 0.6 is 0 Å². The van der Waals surface area contributed by atoms with Crippen molar-refractivity contribution in [3.63, 3.8) is 0 Å². The minimum atomic E-state index is -0.879. The molecule has 0 radical (unpaired) electrons. The molecule has 1 saturated heterocycles. The van der Waals surface area contributed by atoms with E-state index in [9.17, 15) is 9.90 Å². The first kappa shape index (κ1) is 22.6. The van der Waals surface area contributed by atoms with Crippen molar-refractivity contribution in [3.05, 3.63) is 83.4 Å². The SMILES string of the molecule is C=CCN1CC[C@]23c4c5cccc4O[C@H]2[C@@H](N(C)C(=O)C=Cc2cccc(C)c2)CC[C@@]3(O)[C@H]1C5. The molecule has 182 valence electrons. The van der Waals surface area contributed by atoms with Crippen molar-refractivity contribution < 1.29 is 14.6 Å². The van der Waals surface area contributed by atoms with Gasteiger partial charge in [-0.2, -0.15) is 0 Å². The number of hydrogen-bond acceptors (Lipinski definition) is 4. The number of likely N-dealkylation sites (N-methyl/N-ethyl adjacent to an activating group) is 1. The van der Waals surface area contributed by atoms with Gasteiger partial charge in [0.1, 0.15) is 11.9 Å². The Morgan fingerprint density at radius 3 is 2.91 bits per heavy atom. The highest BCUT2D eigenvalue weighted by Crippen LogP contribution is 2.64. The van der Waals surface area contributed by atoms with E-state index < -0.39 is 11.0 Å². The molecule has 5 atom stereocenters. The Balaban J connectivity index is 1.36. The number of benzene rings is 2. The van der Waals surface area contributed by atoms with Gasteiger partial charge in [-0.15, -0.1) is 6.58 Å². The summed E-state index contributed by atoms with van der Waals surface area (Å²) in [4.78, 5) is 17.5. The Morgan fingerprint density at radius 1 is 1.29 bits per heavy atom. The lowest BCUT2D eigenvalue weighted by molar-refractivity contribution is -0.198. The summed E-state index contributed by atoms with van der Waals surface area (Å²) in [6.07, 6.45) is 8.24. The van der Waals surface area contributed by atoms with Crippen molar-refractivity contribution >= 4 is 12.0 Å². The van der Waals surface area contributed by atoms with E-state index in [0.717, 1.165) is 37.2 Å². The van der Waals surface area contributed by atoms with Crippen molar-refractivity contribution in [2.45, 2.75) is 61.8 Å². The van der Waals surface area contributed by atoms with E-state index in [2.05, 4.69) is 42.7 Å². The first-order valence-electron chi connectivity index (χ1n) is 12.8. The monoisotopic (exact) mass is 470 g/mol. The molecule has 2 heterocycles. The summed E-state index contributed by atoms with van der Waals surface area (Å²) < 4.78 is 6.68. The molecule has 1 spiro atoms. The normalized spacial score (nSPS) is 32.7. The standard InChI is InChI=1S/C30H34N2O3/c1-4-16-32-17-15-29-27-22-9-6-10-24(27)35-28(29)23(13-14-30(29,34)25(32)19-22)31(3)26(33)12-11-21-8-5-7-20(2)18-21/h4-12,18,23,25,28,34H,1,13-17,19H2,2-3H3/t23-,25+,28-,29-,30+/m0/s1. The minimum Gasteiger partial charge on any atom is -0.487 e. The quantitative estimate of drug-likeness (QED) is 0.532. The molecule has 2 aromatic rings. The maximum Gasteiger partial charge on any atom is 0.246 e. The molecule has 0 aromatic heterocycles. The number of hydrogen-bond donors (Lipinski definition) is 1. The van der Waals surface area contributed by atoms with Gasteiger partial charge in [-0.3, -0.25) is 9.69 Å². The van der Waals surface area contributed by atoms with Gasteiger partial charge in [0.2, 0.25) is 5.91 Å². The number of piperidine rings is 1. The van der Waals surface area contributed by atoms with Gasteiger partial charge in [-0.1, -0.05) is 48.0 Å². The molecule has 2 fully saturated rings. The molecule has 0 unspecified atom stereocenters. The first-order chi connectivity index (χ1) is 16.9. The molecular formula is C30H34N2O3. The number of aliphatic hydroxyl groups is 1. The van der Waals surface area contributed by atoms with Crippen LogP contribution in [0.5, 0.6) is 5.75 Å². The summed E-state index contributed by atoms with van der Waals surface area (Å²) >= 11 is 0. The average molecular weight is 471 g/mol. The number of likely N-dealkylation sites (tertiary alicyclic amines) is 1. The summed E-state index contributed by atoms with van der Waals surface area (Å²) in [7, 11) is 1.88.